The third kappa shape index (κ3) is 4.61. The second-order valence-electron chi connectivity index (χ2n) is 9.22. The molecule has 34 heavy (non-hydrogen) atoms. The van der Waals surface area contributed by atoms with E-state index < -0.39 is 6.17 Å². The van der Waals surface area contributed by atoms with Crippen LogP contribution in [0.1, 0.15) is 37.1 Å². The van der Waals surface area contributed by atoms with Gasteiger partial charge in [-0.25, -0.2) is 23.7 Å². The number of nitrogens with zero attached hydrogens (tertiary/aromatic N) is 6. The van der Waals surface area contributed by atoms with Crippen molar-refractivity contribution in [1.82, 2.24) is 24.4 Å². The summed E-state index contributed by atoms with van der Waals surface area (Å²) < 4.78 is 28.9. The number of benzene rings is 1. The number of rotatable bonds is 7. The Morgan fingerprint density at radius 1 is 1.06 bits per heavy atom. The zero-order valence-corrected chi connectivity index (χ0v) is 19.5. The van der Waals surface area contributed by atoms with Gasteiger partial charge in [-0.05, 0) is 43.5 Å². The van der Waals surface area contributed by atoms with Gasteiger partial charge in [0.05, 0.1) is 5.69 Å². The van der Waals surface area contributed by atoms with Gasteiger partial charge in [0.15, 0.2) is 0 Å². The Morgan fingerprint density at radius 2 is 1.79 bits per heavy atom. The summed E-state index contributed by atoms with van der Waals surface area (Å²) in [5.74, 6) is 2.58. The molecule has 1 aromatic carbocycles. The average Bonchev–Trinajstić information content (AvgIpc) is 3.25. The second kappa shape index (κ2) is 9.66. The fourth-order valence-corrected chi connectivity index (χ4v) is 5.01. The molecule has 5 rings (SSSR count). The molecule has 2 aliphatic rings. The molecule has 2 fully saturated rings. The largest absolute Gasteiger partial charge is 0.383 e. The molecule has 2 saturated heterocycles. The highest BCUT2D eigenvalue weighted by Gasteiger charge is 2.29. The van der Waals surface area contributed by atoms with E-state index in [4.69, 9.17) is 10.7 Å². The summed E-state index contributed by atoms with van der Waals surface area (Å²) in [7, 11) is 0. The number of piperidine rings is 1. The van der Waals surface area contributed by atoms with Crippen molar-refractivity contribution < 1.29 is 8.78 Å². The number of nitrogens with two attached hydrogens (primary N) is 1. The molecule has 0 radical (unpaired) electrons. The highest BCUT2D eigenvalue weighted by atomic mass is 19.1. The summed E-state index contributed by atoms with van der Waals surface area (Å²) in [6, 6.07) is 6.46. The van der Waals surface area contributed by atoms with Crippen molar-refractivity contribution in [1.29, 1.82) is 0 Å². The first-order valence-corrected chi connectivity index (χ1v) is 12.1. The van der Waals surface area contributed by atoms with Crippen molar-refractivity contribution in [2.75, 3.05) is 43.4 Å². The molecular formula is C25H31F2N7. The number of aromatic nitrogens is 4. The number of hydrogen-bond acceptors (Lipinski definition) is 6. The van der Waals surface area contributed by atoms with Crippen LogP contribution in [-0.2, 0) is 13.0 Å². The average molecular weight is 468 g/mol. The predicted molar refractivity (Wildman–Crippen MR) is 129 cm³/mol. The van der Waals surface area contributed by atoms with Gasteiger partial charge in [0.1, 0.15) is 35.8 Å². The normalized spacial score (nSPS) is 17.8. The molecule has 9 heteroatoms. The van der Waals surface area contributed by atoms with Crippen molar-refractivity contribution in [3.63, 3.8) is 0 Å². The van der Waals surface area contributed by atoms with E-state index in [2.05, 4.69) is 37.5 Å². The Bertz CT molecular complexity index is 1120. The minimum Gasteiger partial charge on any atom is -0.383 e. The molecule has 3 aromatic rings. The summed E-state index contributed by atoms with van der Waals surface area (Å²) in [4.78, 5) is 18.1. The van der Waals surface area contributed by atoms with Gasteiger partial charge in [-0.15, -0.1) is 0 Å². The van der Waals surface area contributed by atoms with Crippen molar-refractivity contribution in [2.45, 2.75) is 44.8 Å². The lowest BCUT2D eigenvalue weighted by Crippen LogP contribution is -2.49. The van der Waals surface area contributed by atoms with Crippen molar-refractivity contribution >= 4 is 11.6 Å². The SMILES string of the molecule is CCc1c(N)ncnc1N1CCC(c2nc(-c3ccc(F)cc3)cn2CCN2CC(F)C2)CC1. The summed E-state index contributed by atoms with van der Waals surface area (Å²) in [5.41, 5.74) is 8.83. The molecule has 0 aliphatic carbocycles. The van der Waals surface area contributed by atoms with E-state index in [1.54, 1.807) is 12.1 Å². The van der Waals surface area contributed by atoms with Crippen LogP contribution in [0, 0.1) is 5.82 Å². The fraction of sp³-hybridized carbons (Fsp3) is 0.480. The minimum atomic E-state index is -0.704. The molecule has 0 saturated carbocycles. The fourth-order valence-electron chi connectivity index (χ4n) is 5.01. The number of likely N-dealkylation sites (tertiary alicyclic amines) is 1. The van der Waals surface area contributed by atoms with Crippen LogP contribution in [0.2, 0.25) is 0 Å². The van der Waals surface area contributed by atoms with Gasteiger partial charge in [0.2, 0.25) is 0 Å². The van der Waals surface area contributed by atoms with Crippen molar-refractivity contribution in [3.8, 4) is 11.3 Å². The number of imidazole rings is 1. The van der Waals surface area contributed by atoms with Gasteiger partial charge < -0.3 is 15.2 Å². The maximum absolute atomic E-state index is 13.4. The minimum absolute atomic E-state index is 0.258. The molecule has 4 heterocycles. The topological polar surface area (TPSA) is 76.1 Å². The van der Waals surface area contributed by atoms with E-state index in [1.807, 2.05) is 0 Å². The zero-order chi connectivity index (χ0) is 23.7. The smallest absolute Gasteiger partial charge is 0.137 e. The summed E-state index contributed by atoms with van der Waals surface area (Å²) >= 11 is 0. The third-order valence-corrected chi connectivity index (χ3v) is 6.99. The Balaban J connectivity index is 1.34. The summed E-state index contributed by atoms with van der Waals surface area (Å²) in [6.07, 6.45) is 5.58. The molecular weight excluding hydrogens is 436 g/mol. The summed E-state index contributed by atoms with van der Waals surface area (Å²) in [5, 5.41) is 0. The molecule has 180 valence electrons. The zero-order valence-electron chi connectivity index (χ0n) is 19.5. The van der Waals surface area contributed by atoms with Gasteiger partial charge in [-0.2, -0.15) is 0 Å². The van der Waals surface area contributed by atoms with Crippen LogP contribution in [0.4, 0.5) is 20.4 Å². The lowest BCUT2D eigenvalue weighted by molar-refractivity contribution is 0.0625. The van der Waals surface area contributed by atoms with Crippen LogP contribution in [0.3, 0.4) is 0 Å². The monoisotopic (exact) mass is 467 g/mol. The molecule has 0 atom stereocenters. The lowest BCUT2D eigenvalue weighted by Gasteiger charge is -2.35. The lowest BCUT2D eigenvalue weighted by atomic mass is 9.95. The van der Waals surface area contributed by atoms with Crippen LogP contribution >= 0.6 is 0 Å². The number of nitrogen functional groups attached to an aromatic ring is 1. The van der Waals surface area contributed by atoms with Gasteiger partial charge in [-0.1, -0.05) is 6.92 Å². The maximum Gasteiger partial charge on any atom is 0.137 e. The highest BCUT2D eigenvalue weighted by Crippen LogP contribution is 2.33. The van der Waals surface area contributed by atoms with Crippen LogP contribution < -0.4 is 10.6 Å². The van der Waals surface area contributed by atoms with E-state index in [1.165, 1.54) is 18.5 Å². The van der Waals surface area contributed by atoms with Crippen LogP contribution in [0.5, 0.6) is 0 Å². The van der Waals surface area contributed by atoms with Crippen LogP contribution in [-0.4, -0.2) is 63.3 Å². The van der Waals surface area contributed by atoms with Crippen molar-refractivity contribution in [2.24, 2.45) is 0 Å². The number of anilines is 2. The molecule has 2 aromatic heterocycles. The number of halogens is 2. The summed E-state index contributed by atoms with van der Waals surface area (Å²) in [6.45, 7) is 6.38. The van der Waals surface area contributed by atoms with Gasteiger partial charge in [0, 0.05) is 62.5 Å². The molecule has 7 nitrogen and oxygen atoms in total. The highest BCUT2D eigenvalue weighted by molar-refractivity contribution is 5.59. The first-order chi connectivity index (χ1) is 16.5. The van der Waals surface area contributed by atoms with E-state index in [0.29, 0.717) is 24.8 Å². The van der Waals surface area contributed by atoms with Gasteiger partial charge >= 0.3 is 0 Å². The molecule has 0 amide bonds. The Labute approximate surface area is 198 Å². The number of hydrogen-bond donors (Lipinski definition) is 1. The molecule has 2 aliphatic heterocycles. The molecule has 0 bridgehead atoms. The number of alkyl halides is 1. The van der Waals surface area contributed by atoms with E-state index in [0.717, 1.165) is 73.9 Å². The molecule has 0 spiro atoms. The standard InChI is InChI=1S/C25H31F2N7/c1-2-21-23(28)29-16-30-25(21)33-9-7-18(8-10-33)24-31-22(17-3-5-19(26)6-4-17)15-34(24)12-11-32-13-20(27)14-32/h3-6,15-16,18,20H,2,7-14H2,1H3,(H2,28,29,30). The maximum atomic E-state index is 13.4. The van der Waals surface area contributed by atoms with Gasteiger partial charge in [0.25, 0.3) is 0 Å². The third-order valence-electron chi connectivity index (χ3n) is 6.99. The quantitative estimate of drug-likeness (QED) is 0.572. The van der Waals surface area contributed by atoms with Crippen LogP contribution in [0.15, 0.2) is 36.8 Å². The van der Waals surface area contributed by atoms with Gasteiger partial charge in [-0.3, -0.25) is 4.90 Å². The first-order valence-electron chi connectivity index (χ1n) is 12.1. The van der Waals surface area contributed by atoms with E-state index in [9.17, 15) is 8.78 Å². The van der Waals surface area contributed by atoms with Crippen LogP contribution in [0.25, 0.3) is 11.3 Å². The van der Waals surface area contributed by atoms with E-state index >= 15 is 0 Å². The molecule has 0 unspecified atom stereocenters. The van der Waals surface area contributed by atoms with Crippen molar-refractivity contribution in [3.05, 3.63) is 54.0 Å². The Morgan fingerprint density at radius 3 is 2.47 bits per heavy atom. The molecule has 2 N–H and O–H groups in total. The van der Waals surface area contributed by atoms with E-state index in [-0.39, 0.29) is 5.82 Å². The Kier molecular flexibility index (Phi) is 6.45. The first kappa shape index (κ1) is 22.7. The Hall–Kier alpha value is -3.07. The second-order valence-corrected chi connectivity index (χ2v) is 9.22. The predicted octanol–water partition coefficient (Wildman–Crippen LogP) is 3.66.